The van der Waals surface area contributed by atoms with Crippen molar-refractivity contribution in [2.24, 2.45) is 5.92 Å². The first-order valence-corrected chi connectivity index (χ1v) is 9.49. The summed E-state index contributed by atoms with van der Waals surface area (Å²) < 4.78 is 5.88. The van der Waals surface area contributed by atoms with Gasteiger partial charge in [-0.15, -0.1) is 0 Å². The highest BCUT2D eigenvalue weighted by atomic mass is 16.4. The molecule has 1 aliphatic carbocycles. The molecular formula is C20H26N4O2. The average Bonchev–Trinajstić information content (AvgIpc) is 3.39. The zero-order valence-electron chi connectivity index (χ0n) is 15.1. The van der Waals surface area contributed by atoms with Crippen LogP contribution in [0.3, 0.4) is 0 Å². The van der Waals surface area contributed by atoms with Gasteiger partial charge in [-0.05, 0) is 25.3 Å². The molecule has 1 aliphatic heterocycles. The zero-order valence-corrected chi connectivity index (χ0v) is 15.1. The van der Waals surface area contributed by atoms with Crippen LogP contribution in [-0.2, 0) is 11.3 Å². The molecule has 138 valence electrons. The van der Waals surface area contributed by atoms with Crippen LogP contribution in [0.4, 0.5) is 0 Å². The molecule has 2 fully saturated rings. The maximum atomic E-state index is 12.2. The van der Waals surface area contributed by atoms with Crippen LogP contribution in [0.25, 0.3) is 11.3 Å². The monoisotopic (exact) mass is 354 g/mol. The van der Waals surface area contributed by atoms with Gasteiger partial charge in [-0.25, -0.2) is 4.98 Å². The van der Waals surface area contributed by atoms with Crippen LogP contribution >= 0.6 is 0 Å². The number of carbonyl (C=O) groups is 1. The molecule has 1 saturated heterocycles. The number of hydrogen-bond acceptors (Lipinski definition) is 5. The Bertz CT molecular complexity index is 718. The summed E-state index contributed by atoms with van der Waals surface area (Å²) in [5, 5.41) is 3.28. The second-order valence-corrected chi connectivity index (χ2v) is 7.22. The van der Waals surface area contributed by atoms with Crippen LogP contribution in [0.5, 0.6) is 0 Å². The number of aromatic nitrogens is 1. The third-order valence-corrected chi connectivity index (χ3v) is 5.10. The van der Waals surface area contributed by atoms with Gasteiger partial charge in [0, 0.05) is 31.7 Å². The summed E-state index contributed by atoms with van der Waals surface area (Å²) >= 11 is 0. The smallest absolute Gasteiger partial charge is 0.236 e. The second-order valence-electron chi connectivity index (χ2n) is 7.22. The van der Waals surface area contributed by atoms with Gasteiger partial charge < -0.3 is 14.6 Å². The van der Waals surface area contributed by atoms with Crippen molar-refractivity contribution >= 4 is 5.91 Å². The van der Waals surface area contributed by atoms with Gasteiger partial charge in [0.2, 0.25) is 11.8 Å². The summed E-state index contributed by atoms with van der Waals surface area (Å²) in [7, 11) is 0. The quantitative estimate of drug-likeness (QED) is 0.824. The number of piperazine rings is 1. The fraction of sp³-hybridized carbons (Fsp3) is 0.500. The van der Waals surface area contributed by atoms with E-state index in [1.165, 1.54) is 12.8 Å². The van der Waals surface area contributed by atoms with Crippen molar-refractivity contribution in [3.63, 3.8) is 0 Å². The van der Waals surface area contributed by atoms with Crippen molar-refractivity contribution in [3.05, 3.63) is 42.4 Å². The van der Waals surface area contributed by atoms with Crippen LogP contribution in [0, 0.1) is 5.92 Å². The van der Waals surface area contributed by atoms with E-state index < -0.39 is 0 Å². The van der Waals surface area contributed by atoms with E-state index in [1.54, 1.807) is 6.20 Å². The lowest BCUT2D eigenvalue weighted by atomic mass is 10.2. The van der Waals surface area contributed by atoms with Gasteiger partial charge >= 0.3 is 0 Å². The molecular weight excluding hydrogens is 328 g/mol. The molecule has 0 unspecified atom stereocenters. The molecule has 0 spiro atoms. The molecule has 4 rings (SSSR count). The molecule has 2 aromatic rings. The molecule has 1 amide bonds. The van der Waals surface area contributed by atoms with E-state index in [1.807, 2.05) is 35.2 Å². The molecule has 2 aliphatic rings. The highest BCUT2D eigenvalue weighted by molar-refractivity contribution is 5.78. The predicted octanol–water partition coefficient (Wildman–Crippen LogP) is 1.99. The van der Waals surface area contributed by atoms with Crippen LogP contribution in [-0.4, -0.2) is 60.0 Å². The molecule has 1 N–H and O–H groups in total. The summed E-state index contributed by atoms with van der Waals surface area (Å²) in [6, 6.07) is 10.0. The minimum atomic E-state index is 0.216. The van der Waals surface area contributed by atoms with E-state index in [0.717, 1.165) is 55.9 Å². The normalized spacial score (nSPS) is 18.2. The topological polar surface area (TPSA) is 61.6 Å². The van der Waals surface area contributed by atoms with Gasteiger partial charge in [0.1, 0.15) is 0 Å². The lowest BCUT2D eigenvalue weighted by Crippen LogP contribution is -2.50. The van der Waals surface area contributed by atoms with Gasteiger partial charge in [0.15, 0.2) is 5.76 Å². The molecule has 26 heavy (non-hydrogen) atoms. The minimum Gasteiger partial charge on any atom is -0.439 e. The Labute approximate surface area is 154 Å². The Morgan fingerprint density at radius 1 is 1.15 bits per heavy atom. The van der Waals surface area contributed by atoms with Gasteiger partial charge in [0.05, 0.1) is 19.3 Å². The molecule has 0 bridgehead atoms. The average molecular weight is 354 g/mol. The van der Waals surface area contributed by atoms with E-state index >= 15 is 0 Å². The first kappa shape index (κ1) is 17.2. The Kier molecular flexibility index (Phi) is 5.32. The molecule has 0 atom stereocenters. The molecule has 1 aromatic heterocycles. The molecule has 1 saturated carbocycles. The molecule has 2 heterocycles. The molecule has 6 heteroatoms. The van der Waals surface area contributed by atoms with Crippen molar-refractivity contribution in [3.8, 4) is 11.3 Å². The first-order valence-electron chi connectivity index (χ1n) is 9.49. The molecule has 1 aromatic carbocycles. The van der Waals surface area contributed by atoms with Crippen molar-refractivity contribution in [2.45, 2.75) is 19.4 Å². The Morgan fingerprint density at radius 2 is 1.92 bits per heavy atom. The van der Waals surface area contributed by atoms with E-state index in [0.29, 0.717) is 13.1 Å². The highest BCUT2D eigenvalue weighted by Crippen LogP contribution is 2.27. The van der Waals surface area contributed by atoms with Crippen molar-refractivity contribution in [2.75, 3.05) is 39.3 Å². The fourth-order valence-corrected chi connectivity index (χ4v) is 3.28. The van der Waals surface area contributed by atoms with E-state index in [2.05, 4.69) is 15.2 Å². The number of benzene rings is 1. The van der Waals surface area contributed by atoms with Gasteiger partial charge in [-0.1, -0.05) is 30.3 Å². The maximum Gasteiger partial charge on any atom is 0.236 e. The third kappa shape index (κ3) is 4.51. The largest absolute Gasteiger partial charge is 0.439 e. The summed E-state index contributed by atoms with van der Waals surface area (Å²) in [6.07, 6.45) is 4.41. The zero-order chi connectivity index (χ0) is 17.8. The predicted molar refractivity (Wildman–Crippen MR) is 99.4 cm³/mol. The van der Waals surface area contributed by atoms with E-state index in [4.69, 9.17) is 4.42 Å². The van der Waals surface area contributed by atoms with Crippen molar-refractivity contribution < 1.29 is 9.21 Å². The maximum absolute atomic E-state index is 12.2. The van der Waals surface area contributed by atoms with Gasteiger partial charge in [-0.3, -0.25) is 9.69 Å². The lowest BCUT2D eigenvalue weighted by molar-refractivity contribution is -0.132. The lowest BCUT2D eigenvalue weighted by Gasteiger charge is -2.34. The number of amides is 1. The van der Waals surface area contributed by atoms with E-state index in [-0.39, 0.29) is 5.91 Å². The number of nitrogens with zero attached hydrogens (tertiary/aromatic N) is 3. The Balaban J connectivity index is 1.22. The van der Waals surface area contributed by atoms with Crippen molar-refractivity contribution in [1.82, 2.24) is 20.1 Å². The van der Waals surface area contributed by atoms with Crippen LogP contribution < -0.4 is 5.32 Å². The number of oxazole rings is 1. The second kappa shape index (κ2) is 8.01. The van der Waals surface area contributed by atoms with Crippen molar-refractivity contribution in [1.29, 1.82) is 0 Å². The first-order chi connectivity index (χ1) is 12.8. The van der Waals surface area contributed by atoms with Crippen LogP contribution in [0.15, 0.2) is 40.9 Å². The molecule has 6 nitrogen and oxygen atoms in total. The van der Waals surface area contributed by atoms with Crippen LogP contribution in [0.1, 0.15) is 18.7 Å². The summed E-state index contributed by atoms with van der Waals surface area (Å²) in [6.45, 7) is 5.41. The van der Waals surface area contributed by atoms with E-state index in [9.17, 15) is 4.79 Å². The SMILES string of the molecule is O=C(CNCC1CC1)N1CCN(Cc2ncc(-c3ccccc3)o2)CC1. The Morgan fingerprint density at radius 3 is 2.65 bits per heavy atom. The standard InChI is InChI=1S/C20H26N4O2/c25-20(14-21-12-16-6-7-16)24-10-8-23(9-11-24)15-19-22-13-18(26-19)17-4-2-1-3-5-17/h1-5,13,16,21H,6-12,14-15H2. The number of nitrogens with one attached hydrogen (secondary N) is 1. The summed E-state index contributed by atoms with van der Waals surface area (Å²) in [5.41, 5.74) is 1.04. The molecule has 0 radical (unpaired) electrons. The minimum absolute atomic E-state index is 0.216. The number of rotatable bonds is 7. The van der Waals surface area contributed by atoms with Crippen LogP contribution in [0.2, 0.25) is 0 Å². The third-order valence-electron chi connectivity index (χ3n) is 5.10. The number of carbonyl (C=O) groups excluding carboxylic acids is 1. The van der Waals surface area contributed by atoms with Gasteiger partial charge in [0.25, 0.3) is 0 Å². The van der Waals surface area contributed by atoms with Gasteiger partial charge in [-0.2, -0.15) is 0 Å². The summed E-state index contributed by atoms with van der Waals surface area (Å²) in [4.78, 5) is 20.9. The summed E-state index contributed by atoms with van der Waals surface area (Å²) in [5.74, 6) is 2.56. The Hall–Kier alpha value is -2.18. The highest BCUT2D eigenvalue weighted by Gasteiger charge is 2.24. The number of hydrogen-bond donors (Lipinski definition) is 1. The fourth-order valence-electron chi connectivity index (χ4n) is 3.28.